The van der Waals surface area contributed by atoms with E-state index in [1.54, 1.807) is 30.5 Å². The van der Waals surface area contributed by atoms with Crippen LogP contribution in [0.15, 0.2) is 60.8 Å². The standard InChI is InChI=1S/C23H21ClN2O5S/c24-19-8-2-1-5-16(19)15-11-12-22(25-13-15)26(32(29)30)20-9-3-7-18-17(20)6-4-10-21(18)31-14-23(27)28/h1-2,4-6,8,10-13,20H,3,7,9,14H2,(H,27,28)(H,29,30). The zero-order valence-corrected chi connectivity index (χ0v) is 18.6. The molecular weight excluding hydrogens is 452 g/mol. The maximum atomic E-state index is 12.4. The molecule has 0 radical (unpaired) electrons. The van der Waals surface area contributed by atoms with Gasteiger partial charge in [-0.1, -0.05) is 41.9 Å². The molecule has 1 aromatic heterocycles. The summed E-state index contributed by atoms with van der Waals surface area (Å²) in [7, 11) is 0. The molecule has 2 unspecified atom stereocenters. The molecule has 0 spiro atoms. The third kappa shape index (κ3) is 4.62. The number of benzene rings is 2. The second-order valence-electron chi connectivity index (χ2n) is 7.36. The minimum absolute atomic E-state index is 0.358. The molecular formula is C23H21ClN2O5S. The number of hydrogen-bond acceptors (Lipinski definition) is 4. The van der Waals surface area contributed by atoms with Crippen LogP contribution in [0.2, 0.25) is 5.02 Å². The van der Waals surface area contributed by atoms with Gasteiger partial charge in [0.1, 0.15) is 11.6 Å². The number of carbonyl (C=O) groups is 1. The summed E-state index contributed by atoms with van der Waals surface area (Å²) in [6.07, 6.45) is 3.74. The summed E-state index contributed by atoms with van der Waals surface area (Å²) in [4.78, 5) is 15.4. The summed E-state index contributed by atoms with van der Waals surface area (Å²) in [5.41, 5.74) is 3.32. The Morgan fingerprint density at radius 2 is 2.00 bits per heavy atom. The topological polar surface area (TPSA) is 100.0 Å². The SMILES string of the molecule is O=C(O)COc1cccc2c1CCCC2N(c1ccc(-c2ccccc2Cl)cn1)S(=O)O. The van der Waals surface area contributed by atoms with Gasteiger partial charge in [-0.3, -0.25) is 4.55 Å². The molecule has 9 heteroatoms. The molecule has 2 N–H and O–H groups in total. The third-order valence-corrected chi connectivity index (χ3v) is 6.50. The smallest absolute Gasteiger partial charge is 0.341 e. The number of aromatic nitrogens is 1. The molecule has 0 saturated carbocycles. The summed E-state index contributed by atoms with van der Waals surface area (Å²) in [5, 5.41) is 9.54. The van der Waals surface area contributed by atoms with Crippen molar-refractivity contribution in [3.63, 3.8) is 0 Å². The molecule has 0 amide bonds. The van der Waals surface area contributed by atoms with E-state index in [4.69, 9.17) is 21.4 Å². The Bertz CT molecular complexity index is 1160. The quantitative estimate of drug-likeness (QED) is 0.475. The number of fused-ring (bicyclic) bond motifs is 1. The lowest BCUT2D eigenvalue weighted by Crippen LogP contribution is -2.33. The minimum atomic E-state index is -2.32. The van der Waals surface area contributed by atoms with Gasteiger partial charge in [0, 0.05) is 22.3 Å². The first-order chi connectivity index (χ1) is 15.5. The first kappa shape index (κ1) is 22.3. The Balaban J connectivity index is 1.68. The van der Waals surface area contributed by atoms with Gasteiger partial charge in [0.25, 0.3) is 11.3 Å². The van der Waals surface area contributed by atoms with Crippen LogP contribution in [0.25, 0.3) is 11.1 Å². The van der Waals surface area contributed by atoms with Crippen LogP contribution in [0.5, 0.6) is 5.75 Å². The molecule has 0 saturated heterocycles. The van der Waals surface area contributed by atoms with Crippen LogP contribution in [0.4, 0.5) is 5.82 Å². The molecule has 32 heavy (non-hydrogen) atoms. The van der Waals surface area contributed by atoms with Gasteiger partial charge in [0.05, 0.1) is 6.04 Å². The van der Waals surface area contributed by atoms with E-state index in [0.29, 0.717) is 29.4 Å². The van der Waals surface area contributed by atoms with E-state index in [-0.39, 0.29) is 0 Å². The van der Waals surface area contributed by atoms with Gasteiger partial charge in [0.2, 0.25) is 0 Å². The molecule has 2 atom stereocenters. The molecule has 0 fully saturated rings. The number of rotatable bonds is 7. The predicted molar refractivity (Wildman–Crippen MR) is 123 cm³/mol. The molecule has 166 valence electrons. The Kier molecular flexibility index (Phi) is 6.74. The second-order valence-corrected chi connectivity index (χ2v) is 8.62. The highest BCUT2D eigenvalue weighted by Crippen LogP contribution is 2.41. The summed E-state index contributed by atoms with van der Waals surface area (Å²) in [6.45, 7) is -0.443. The maximum absolute atomic E-state index is 12.4. The van der Waals surface area contributed by atoms with Crippen molar-refractivity contribution < 1.29 is 23.4 Å². The fraction of sp³-hybridized carbons (Fsp3) is 0.217. The van der Waals surface area contributed by atoms with Crippen molar-refractivity contribution in [3.8, 4) is 16.9 Å². The Morgan fingerprint density at radius 3 is 2.69 bits per heavy atom. The van der Waals surface area contributed by atoms with E-state index >= 15 is 0 Å². The molecule has 2 aromatic carbocycles. The van der Waals surface area contributed by atoms with Crippen LogP contribution < -0.4 is 9.04 Å². The normalized spacial score (nSPS) is 16.1. The molecule has 1 aliphatic rings. The monoisotopic (exact) mass is 472 g/mol. The van der Waals surface area contributed by atoms with E-state index in [2.05, 4.69) is 4.98 Å². The van der Waals surface area contributed by atoms with Gasteiger partial charge in [0.15, 0.2) is 6.61 Å². The predicted octanol–water partition coefficient (Wildman–Crippen LogP) is 4.89. The Labute approximate surface area is 193 Å². The largest absolute Gasteiger partial charge is 0.482 e. The van der Waals surface area contributed by atoms with Crippen molar-refractivity contribution in [1.82, 2.24) is 4.98 Å². The van der Waals surface area contributed by atoms with Crippen molar-refractivity contribution in [3.05, 3.63) is 76.9 Å². The molecule has 1 aliphatic carbocycles. The third-order valence-electron chi connectivity index (χ3n) is 5.39. The summed E-state index contributed by atoms with van der Waals surface area (Å²) < 4.78 is 29.4. The lowest BCUT2D eigenvalue weighted by Gasteiger charge is -2.34. The average molecular weight is 473 g/mol. The van der Waals surface area contributed by atoms with Crippen LogP contribution >= 0.6 is 11.6 Å². The van der Waals surface area contributed by atoms with Gasteiger partial charge in [-0.25, -0.2) is 18.3 Å². The molecule has 1 heterocycles. The first-order valence-electron chi connectivity index (χ1n) is 10.0. The van der Waals surface area contributed by atoms with Gasteiger partial charge in [-0.15, -0.1) is 0 Å². The van der Waals surface area contributed by atoms with Crippen molar-refractivity contribution >= 4 is 34.7 Å². The zero-order valence-electron chi connectivity index (χ0n) is 17.0. The Hall–Kier alpha value is -2.94. The van der Waals surface area contributed by atoms with E-state index in [0.717, 1.165) is 28.7 Å². The van der Waals surface area contributed by atoms with E-state index in [9.17, 15) is 13.6 Å². The number of halogens is 1. The molecule has 0 aliphatic heterocycles. The number of ether oxygens (including phenoxy) is 1. The van der Waals surface area contributed by atoms with Gasteiger partial charge in [-0.05, 0) is 54.7 Å². The Morgan fingerprint density at radius 1 is 1.19 bits per heavy atom. The van der Waals surface area contributed by atoms with Crippen LogP contribution in [-0.4, -0.2) is 31.4 Å². The summed E-state index contributed by atoms with van der Waals surface area (Å²) in [5.74, 6) is -0.215. The van der Waals surface area contributed by atoms with E-state index in [1.165, 1.54) is 4.31 Å². The molecule has 4 rings (SSSR count). The molecule has 3 aromatic rings. The minimum Gasteiger partial charge on any atom is -0.482 e. The van der Waals surface area contributed by atoms with Gasteiger partial charge < -0.3 is 9.84 Å². The van der Waals surface area contributed by atoms with Crippen LogP contribution in [0, 0.1) is 0 Å². The molecule has 7 nitrogen and oxygen atoms in total. The highest BCUT2D eigenvalue weighted by Gasteiger charge is 2.32. The zero-order chi connectivity index (χ0) is 22.7. The van der Waals surface area contributed by atoms with E-state index in [1.807, 2.05) is 30.3 Å². The highest BCUT2D eigenvalue weighted by molar-refractivity contribution is 7.80. The van der Waals surface area contributed by atoms with Crippen molar-refractivity contribution in [2.75, 3.05) is 10.9 Å². The number of aliphatic carboxylic acids is 1. The lowest BCUT2D eigenvalue weighted by molar-refractivity contribution is -0.139. The molecule has 0 bridgehead atoms. The number of hydrogen-bond donors (Lipinski definition) is 2. The van der Waals surface area contributed by atoms with Crippen molar-refractivity contribution in [1.29, 1.82) is 0 Å². The number of pyridine rings is 1. The van der Waals surface area contributed by atoms with Gasteiger partial charge in [-0.2, -0.15) is 0 Å². The van der Waals surface area contributed by atoms with Crippen LogP contribution in [0.3, 0.4) is 0 Å². The van der Waals surface area contributed by atoms with Crippen LogP contribution in [-0.2, 0) is 22.5 Å². The van der Waals surface area contributed by atoms with Gasteiger partial charge >= 0.3 is 5.97 Å². The fourth-order valence-corrected chi connectivity index (χ4v) is 4.98. The number of nitrogens with zero attached hydrogens (tertiary/aromatic N) is 2. The van der Waals surface area contributed by atoms with Crippen LogP contribution in [0.1, 0.15) is 30.0 Å². The fourth-order valence-electron chi connectivity index (χ4n) is 4.03. The first-order valence-corrected chi connectivity index (χ1v) is 11.5. The highest BCUT2D eigenvalue weighted by atomic mass is 35.5. The maximum Gasteiger partial charge on any atom is 0.341 e. The number of carboxylic acids is 1. The second kappa shape index (κ2) is 9.68. The lowest BCUT2D eigenvalue weighted by atomic mass is 9.87. The van der Waals surface area contributed by atoms with E-state index < -0.39 is 29.9 Å². The summed E-state index contributed by atoms with van der Waals surface area (Å²) >= 11 is 3.95. The van der Waals surface area contributed by atoms with Crippen molar-refractivity contribution in [2.24, 2.45) is 0 Å². The number of carboxylic acid groups (broad SMARTS) is 1. The van der Waals surface area contributed by atoms with Crippen molar-refractivity contribution in [2.45, 2.75) is 25.3 Å². The average Bonchev–Trinajstić information content (AvgIpc) is 2.78. The summed E-state index contributed by atoms with van der Waals surface area (Å²) in [6, 6.07) is 15.9. The number of anilines is 1.